The molecule has 7 nitrogen and oxygen atoms in total. The lowest BCUT2D eigenvalue weighted by Crippen LogP contribution is -2.56. The fraction of sp³-hybridized carbons (Fsp3) is 0.414. The Labute approximate surface area is 210 Å². The number of benzene rings is 1. The van der Waals surface area contributed by atoms with Gasteiger partial charge in [0.05, 0.1) is 17.3 Å². The van der Waals surface area contributed by atoms with Gasteiger partial charge in [-0.05, 0) is 54.7 Å². The number of nitriles is 1. The van der Waals surface area contributed by atoms with Crippen LogP contribution >= 0.6 is 0 Å². The molecular weight excluding hydrogens is 450 g/mol. The number of aldehydes is 1. The summed E-state index contributed by atoms with van der Waals surface area (Å²) in [6.45, 7) is 1.92. The molecule has 1 aromatic carbocycles. The SMILES string of the molecule is N#Cc1cc(-c2cccc3cnccc23)c(C2CC2)nc1N1CCN(C(=O)CCC=O)C(C2CC2)C1. The van der Waals surface area contributed by atoms with Gasteiger partial charge < -0.3 is 14.6 Å². The second-order valence-electron chi connectivity index (χ2n) is 10.2. The molecule has 3 aliphatic rings. The van der Waals surface area contributed by atoms with E-state index in [1.807, 2.05) is 35.5 Å². The zero-order chi connectivity index (χ0) is 24.6. The smallest absolute Gasteiger partial charge is 0.223 e. The minimum absolute atomic E-state index is 0.0616. The Morgan fingerprint density at radius 2 is 2.00 bits per heavy atom. The van der Waals surface area contributed by atoms with Crippen molar-refractivity contribution in [2.45, 2.75) is 50.5 Å². The topological polar surface area (TPSA) is 90.2 Å². The maximum atomic E-state index is 12.8. The van der Waals surface area contributed by atoms with Gasteiger partial charge >= 0.3 is 0 Å². The van der Waals surface area contributed by atoms with Gasteiger partial charge in [0, 0.05) is 61.7 Å². The minimum Gasteiger partial charge on any atom is -0.352 e. The molecule has 0 spiro atoms. The average Bonchev–Trinajstić information content (AvgIpc) is 3.84. The summed E-state index contributed by atoms with van der Waals surface area (Å²) in [5.41, 5.74) is 3.78. The highest BCUT2D eigenvalue weighted by Crippen LogP contribution is 2.46. The maximum Gasteiger partial charge on any atom is 0.223 e. The van der Waals surface area contributed by atoms with E-state index in [0.717, 1.165) is 65.4 Å². The van der Waals surface area contributed by atoms with Crippen molar-refractivity contribution in [1.29, 1.82) is 5.26 Å². The molecule has 182 valence electrons. The number of rotatable bonds is 7. The van der Waals surface area contributed by atoms with E-state index < -0.39 is 0 Å². The fourth-order valence-corrected chi connectivity index (χ4v) is 5.60. The first-order valence-corrected chi connectivity index (χ1v) is 12.9. The molecule has 1 atom stereocenters. The normalized spacial score (nSPS) is 19.8. The van der Waals surface area contributed by atoms with Gasteiger partial charge in [-0.15, -0.1) is 0 Å². The zero-order valence-corrected chi connectivity index (χ0v) is 20.3. The van der Waals surface area contributed by atoms with Gasteiger partial charge in [-0.25, -0.2) is 4.98 Å². The van der Waals surface area contributed by atoms with E-state index in [9.17, 15) is 14.9 Å². The van der Waals surface area contributed by atoms with E-state index in [-0.39, 0.29) is 24.8 Å². The Kier molecular flexibility index (Phi) is 5.88. The molecule has 7 heteroatoms. The predicted molar refractivity (Wildman–Crippen MR) is 137 cm³/mol. The third-order valence-corrected chi connectivity index (χ3v) is 7.77. The van der Waals surface area contributed by atoms with Gasteiger partial charge in [-0.3, -0.25) is 9.78 Å². The number of hydrogen-bond donors (Lipinski definition) is 0. The van der Waals surface area contributed by atoms with Crippen LogP contribution in [0, 0.1) is 17.2 Å². The van der Waals surface area contributed by atoms with Crippen LogP contribution < -0.4 is 4.90 Å². The summed E-state index contributed by atoms with van der Waals surface area (Å²) in [5.74, 6) is 1.71. The number of piperazine rings is 1. The lowest BCUT2D eigenvalue weighted by Gasteiger charge is -2.42. The molecule has 6 rings (SSSR count). The van der Waals surface area contributed by atoms with Crippen molar-refractivity contribution in [3.05, 3.63) is 54.0 Å². The zero-order valence-electron chi connectivity index (χ0n) is 20.3. The van der Waals surface area contributed by atoms with E-state index in [1.54, 1.807) is 0 Å². The monoisotopic (exact) mass is 479 g/mol. The third-order valence-electron chi connectivity index (χ3n) is 7.77. The van der Waals surface area contributed by atoms with E-state index >= 15 is 0 Å². The number of carbonyl (C=O) groups is 2. The lowest BCUT2D eigenvalue weighted by molar-refractivity contribution is -0.135. The molecule has 1 amide bonds. The molecule has 0 bridgehead atoms. The minimum atomic E-state index is 0.0616. The Morgan fingerprint density at radius 3 is 2.75 bits per heavy atom. The van der Waals surface area contributed by atoms with Crippen molar-refractivity contribution in [2.24, 2.45) is 5.92 Å². The number of pyridine rings is 2. The number of nitrogens with zero attached hydrogens (tertiary/aromatic N) is 5. The summed E-state index contributed by atoms with van der Waals surface area (Å²) in [5, 5.41) is 12.4. The molecule has 1 aliphatic heterocycles. The summed E-state index contributed by atoms with van der Waals surface area (Å²) >= 11 is 0. The number of fused-ring (bicyclic) bond motifs is 1. The van der Waals surface area contributed by atoms with E-state index in [0.29, 0.717) is 37.0 Å². The maximum absolute atomic E-state index is 12.8. The summed E-state index contributed by atoms with van der Waals surface area (Å²) in [4.78, 5) is 37.2. The van der Waals surface area contributed by atoms with E-state index in [1.165, 1.54) is 0 Å². The van der Waals surface area contributed by atoms with Gasteiger partial charge in [-0.2, -0.15) is 5.26 Å². The number of aromatic nitrogens is 2. The summed E-state index contributed by atoms with van der Waals surface area (Å²) < 4.78 is 0. The van der Waals surface area contributed by atoms with Gasteiger partial charge in [0.15, 0.2) is 0 Å². The average molecular weight is 480 g/mol. The molecule has 3 fully saturated rings. The highest BCUT2D eigenvalue weighted by molar-refractivity contribution is 5.97. The van der Waals surface area contributed by atoms with Gasteiger partial charge in [-0.1, -0.05) is 18.2 Å². The molecule has 3 heterocycles. The summed E-state index contributed by atoms with van der Waals surface area (Å²) in [7, 11) is 0. The highest BCUT2D eigenvalue weighted by Gasteiger charge is 2.41. The van der Waals surface area contributed by atoms with Crippen molar-refractivity contribution in [3.63, 3.8) is 0 Å². The fourth-order valence-electron chi connectivity index (χ4n) is 5.60. The second-order valence-corrected chi connectivity index (χ2v) is 10.2. The molecule has 2 aromatic heterocycles. The van der Waals surface area contributed by atoms with Crippen LogP contribution in [0.2, 0.25) is 0 Å². The van der Waals surface area contributed by atoms with Gasteiger partial charge in [0.25, 0.3) is 0 Å². The van der Waals surface area contributed by atoms with Crippen LogP contribution in [0.25, 0.3) is 21.9 Å². The van der Waals surface area contributed by atoms with Crippen LogP contribution in [0.1, 0.15) is 55.7 Å². The van der Waals surface area contributed by atoms with Crippen LogP contribution in [0.15, 0.2) is 42.7 Å². The van der Waals surface area contributed by atoms with Crippen LogP contribution in [0.5, 0.6) is 0 Å². The number of amides is 1. The van der Waals surface area contributed by atoms with Gasteiger partial charge in [0.2, 0.25) is 5.91 Å². The molecular formula is C29H29N5O2. The van der Waals surface area contributed by atoms with Crippen LogP contribution in [-0.4, -0.2) is 52.7 Å². The van der Waals surface area contributed by atoms with Crippen molar-refractivity contribution in [1.82, 2.24) is 14.9 Å². The Balaban J connectivity index is 1.37. The first-order chi connectivity index (χ1) is 17.7. The summed E-state index contributed by atoms with van der Waals surface area (Å²) in [6, 6.07) is 12.8. The summed E-state index contributed by atoms with van der Waals surface area (Å²) in [6.07, 6.45) is 9.51. The van der Waals surface area contributed by atoms with Crippen LogP contribution in [0.3, 0.4) is 0 Å². The first-order valence-electron chi connectivity index (χ1n) is 12.9. The van der Waals surface area contributed by atoms with Crippen molar-refractivity contribution in [2.75, 3.05) is 24.5 Å². The molecule has 0 radical (unpaired) electrons. The van der Waals surface area contributed by atoms with Crippen molar-refractivity contribution in [3.8, 4) is 17.2 Å². The largest absolute Gasteiger partial charge is 0.352 e. The van der Waals surface area contributed by atoms with E-state index in [2.05, 4.69) is 28.1 Å². The lowest BCUT2D eigenvalue weighted by atomic mass is 9.95. The quantitative estimate of drug-likeness (QED) is 0.465. The molecule has 3 aromatic rings. The first kappa shape index (κ1) is 22.7. The second kappa shape index (κ2) is 9.34. The Morgan fingerprint density at radius 1 is 1.14 bits per heavy atom. The Bertz CT molecular complexity index is 1370. The van der Waals surface area contributed by atoms with Crippen LogP contribution in [0.4, 0.5) is 5.82 Å². The number of carbonyl (C=O) groups excluding carboxylic acids is 2. The van der Waals surface area contributed by atoms with Crippen molar-refractivity contribution >= 4 is 28.8 Å². The van der Waals surface area contributed by atoms with Gasteiger partial charge in [0.1, 0.15) is 18.2 Å². The van der Waals surface area contributed by atoms with E-state index in [4.69, 9.17) is 4.98 Å². The predicted octanol–water partition coefficient (Wildman–Crippen LogP) is 4.45. The molecule has 2 aliphatic carbocycles. The molecule has 1 unspecified atom stereocenters. The van der Waals surface area contributed by atoms with Crippen molar-refractivity contribution < 1.29 is 9.59 Å². The number of anilines is 1. The molecule has 1 saturated heterocycles. The highest BCUT2D eigenvalue weighted by atomic mass is 16.2. The molecule has 0 N–H and O–H groups in total. The molecule has 2 saturated carbocycles. The number of hydrogen-bond acceptors (Lipinski definition) is 6. The third kappa shape index (κ3) is 4.21. The Hall–Kier alpha value is -3.79. The molecule has 36 heavy (non-hydrogen) atoms. The van der Waals surface area contributed by atoms with Crippen LogP contribution in [-0.2, 0) is 9.59 Å². The standard InChI is InChI=1S/C29H29N5O2/c30-16-22-15-25(24-4-1-3-21-17-31-11-10-23(21)24)28(20-8-9-20)32-29(22)33-12-13-34(27(36)5-2-14-35)26(18-33)19-6-7-19/h1,3-4,10-11,14-15,17,19-20,26H,2,5-9,12-13,18H2.